The summed E-state index contributed by atoms with van der Waals surface area (Å²) >= 11 is 7.44. The van der Waals surface area contributed by atoms with Gasteiger partial charge in [0.1, 0.15) is 0 Å². The standard InChI is InChI=1S/C14H21ClN2OS.ClH/c1-10(12-3-4-13(15)19-12)14(18)17-7-5-11(6-8-17)9-16-2;/h3-4,10-11,16H,5-9H2,1-2H3;1H. The first kappa shape index (κ1) is 17.8. The van der Waals surface area contributed by atoms with Gasteiger partial charge in [-0.1, -0.05) is 11.6 Å². The van der Waals surface area contributed by atoms with E-state index < -0.39 is 0 Å². The van der Waals surface area contributed by atoms with E-state index in [4.69, 9.17) is 11.6 Å². The second-order valence-corrected chi connectivity index (χ2v) is 6.94. The molecule has 114 valence electrons. The Kier molecular flexibility index (Phi) is 7.30. The predicted molar refractivity (Wildman–Crippen MR) is 88.2 cm³/mol. The molecule has 6 heteroatoms. The number of piperidine rings is 1. The second kappa shape index (κ2) is 8.23. The van der Waals surface area contributed by atoms with E-state index in [0.29, 0.717) is 5.92 Å². The van der Waals surface area contributed by atoms with E-state index in [1.807, 2.05) is 31.0 Å². The van der Waals surface area contributed by atoms with Crippen LogP contribution in [0.2, 0.25) is 4.34 Å². The van der Waals surface area contributed by atoms with Crippen molar-refractivity contribution in [2.75, 3.05) is 26.7 Å². The van der Waals surface area contributed by atoms with E-state index in [-0.39, 0.29) is 24.2 Å². The van der Waals surface area contributed by atoms with Gasteiger partial charge >= 0.3 is 0 Å². The van der Waals surface area contributed by atoms with Gasteiger partial charge in [-0.05, 0) is 51.4 Å². The van der Waals surface area contributed by atoms with E-state index in [1.165, 1.54) is 11.3 Å². The molecule has 0 aromatic carbocycles. The lowest BCUT2D eigenvalue weighted by Crippen LogP contribution is -2.42. The van der Waals surface area contributed by atoms with Crippen molar-refractivity contribution < 1.29 is 4.79 Å². The molecule has 1 atom stereocenters. The number of carbonyl (C=O) groups excluding carboxylic acids is 1. The molecule has 0 spiro atoms. The average molecular weight is 337 g/mol. The van der Waals surface area contributed by atoms with Gasteiger partial charge in [0, 0.05) is 18.0 Å². The zero-order valence-electron chi connectivity index (χ0n) is 11.9. The van der Waals surface area contributed by atoms with Crippen molar-refractivity contribution >= 4 is 41.3 Å². The van der Waals surface area contributed by atoms with Gasteiger partial charge in [0.2, 0.25) is 5.91 Å². The smallest absolute Gasteiger partial charge is 0.230 e. The zero-order valence-corrected chi connectivity index (χ0v) is 14.3. The summed E-state index contributed by atoms with van der Waals surface area (Å²) in [4.78, 5) is 15.5. The first-order valence-corrected chi connectivity index (χ1v) is 8.00. The Hall–Kier alpha value is -0.290. The normalized spacial score (nSPS) is 17.6. The molecule has 0 radical (unpaired) electrons. The van der Waals surface area contributed by atoms with Gasteiger partial charge < -0.3 is 10.2 Å². The molecule has 1 fully saturated rings. The highest BCUT2D eigenvalue weighted by molar-refractivity contribution is 7.16. The Morgan fingerprint density at radius 3 is 2.65 bits per heavy atom. The fraction of sp³-hybridized carbons (Fsp3) is 0.643. The third kappa shape index (κ3) is 4.35. The molecule has 2 rings (SSSR count). The monoisotopic (exact) mass is 336 g/mol. The van der Waals surface area contributed by atoms with Crippen molar-refractivity contribution in [2.45, 2.75) is 25.7 Å². The Morgan fingerprint density at radius 2 is 2.15 bits per heavy atom. The summed E-state index contributed by atoms with van der Waals surface area (Å²) in [5.41, 5.74) is 0. The van der Waals surface area contributed by atoms with Crippen molar-refractivity contribution in [2.24, 2.45) is 5.92 Å². The topological polar surface area (TPSA) is 32.3 Å². The summed E-state index contributed by atoms with van der Waals surface area (Å²) < 4.78 is 0.752. The molecule has 1 N–H and O–H groups in total. The third-order valence-electron chi connectivity index (χ3n) is 3.81. The van der Waals surface area contributed by atoms with Crippen LogP contribution in [0, 0.1) is 5.92 Å². The summed E-state index contributed by atoms with van der Waals surface area (Å²) in [6.45, 7) is 4.80. The predicted octanol–water partition coefficient (Wildman–Crippen LogP) is 3.38. The fourth-order valence-corrected chi connectivity index (χ4v) is 3.71. The molecule has 1 saturated heterocycles. The number of nitrogens with zero attached hydrogens (tertiary/aromatic N) is 1. The number of nitrogens with one attached hydrogen (secondary N) is 1. The van der Waals surface area contributed by atoms with Crippen LogP contribution in [-0.4, -0.2) is 37.5 Å². The molecule has 1 amide bonds. The SMILES string of the molecule is CNCC1CCN(C(=O)C(C)c2ccc(Cl)s2)CC1.Cl. The fourth-order valence-electron chi connectivity index (χ4n) is 2.60. The highest BCUT2D eigenvalue weighted by atomic mass is 35.5. The summed E-state index contributed by atoms with van der Waals surface area (Å²) in [7, 11) is 1.99. The van der Waals surface area contributed by atoms with E-state index in [1.54, 1.807) is 0 Å². The first-order valence-electron chi connectivity index (χ1n) is 6.80. The van der Waals surface area contributed by atoms with Gasteiger partial charge in [-0.3, -0.25) is 4.79 Å². The third-order valence-corrected chi connectivity index (χ3v) is 5.22. The van der Waals surface area contributed by atoms with E-state index in [2.05, 4.69) is 5.32 Å². The summed E-state index contributed by atoms with van der Waals surface area (Å²) in [5, 5.41) is 3.22. The molecule has 1 aromatic heterocycles. The number of carbonyl (C=O) groups is 1. The van der Waals surface area contributed by atoms with Crippen LogP contribution in [0.1, 0.15) is 30.6 Å². The van der Waals surface area contributed by atoms with Crippen molar-refractivity contribution in [3.63, 3.8) is 0 Å². The number of likely N-dealkylation sites (tertiary alicyclic amines) is 1. The number of amides is 1. The van der Waals surface area contributed by atoms with E-state index in [9.17, 15) is 4.79 Å². The number of thiophene rings is 1. The lowest BCUT2D eigenvalue weighted by molar-refractivity contribution is -0.133. The maximum Gasteiger partial charge on any atom is 0.230 e. The van der Waals surface area contributed by atoms with E-state index >= 15 is 0 Å². The van der Waals surface area contributed by atoms with Gasteiger partial charge in [0.25, 0.3) is 0 Å². The molecule has 1 aliphatic heterocycles. The second-order valence-electron chi connectivity index (χ2n) is 5.19. The Bertz CT molecular complexity index is 431. The molecule has 1 unspecified atom stereocenters. The van der Waals surface area contributed by atoms with Crippen molar-refractivity contribution in [3.8, 4) is 0 Å². The minimum absolute atomic E-state index is 0. The largest absolute Gasteiger partial charge is 0.342 e. The number of hydrogen-bond donors (Lipinski definition) is 1. The van der Waals surface area contributed by atoms with Gasteiger partial charge in [0.05, 0.1) is 10.3 Å². The van der Waals surface area contributed by atoms with Gasteiger partial charge in [0.15, 0.2) is 0 Å². The molecular formula is C14H22Cl2N2OS. The van der Waals surface area contributed by atoms with Crippen LogP contribution >= 0.6 is 35.3 Å². The molecule has 1 aliphatic rings. The van der Waals surface area contributed by atoms with Crippen LogP contribution in [0.25, 0.3) is 0 Å². The maximum absolute atomic E-state index is 12.4. The van der Waals surface area contributed by atoms with Gasteiger partial charge in [-0.15, -0.1) is 23.7 Å². The molecule has 2 heterocycles. The Balaban J connectivity index is 0.00000200. The quantitative estimate of drug-likeness (QED) is 0.913. The Labute approximate surface area is 136 Å². The molecule has 0 saturated carbocycles. The highest BCUT2D eigenvalue weighted by Gasteiger charge is 2.27. The molecule has 20 heavy (non-hydrogen) atoms. The lowest BCUT2D eigenvalue weighted by atomic mass is 9.95. The Morgan fingerprint density at radius 1 is 1.50 bits per heavy atom. The minimum Gasteiger partial charge on any atom is -0.342 e. The van der Waals surface area contributed by atoms with Crippen LogP contribution < -0.4 is 5.32 Å². The van der Waals surface area contributed by atoms with Crippen molar-refractivity contribution in [3.05, 3.63) is 21.3 Å². The number of hydrogen-bond acceptors (Lipinski definition) is 3. The molecule has 0 bridgehead atoms. The maximum atomic E-state index is 12.4. The van der Waals surface area contributed by atoms with Crippen molar-refractivity contribution in [1.29, 1.82) is 0 Å². The summed E-state index contributed by atoms with van der Waals surface area (Å²) in [6.07, 6.45) is 2.20. The van der Waals surface area contributed by atoms with Crippen LogP contribution in [0.4, 0.5) is 0 Å². The summed E-state index contributed by atoms with van der Waals surface area (Å²) in [5.74, 6) is 0.875. The van der Waals surface area contributed by atoms with E-state index in [0.717, 1.165) is 41.7 Å². The van der Waals surface area contributed by atoms with Gasteiger partial charge in [-0.25, -0.2) is 0 Å². The van der Waals surface area contributed by atoms with Crippen LogP contribution in [0.3, 0.4) is 0 Å². The molecule has 1 aromatic rings. The van der Waals surface area contributed by atoms with Crippen molar-refractivity contribution in [1.82, 2.24) is 10.2 Å². The van der Waals surface area contributed by atoms with Gasteiger partial charge in [-0.2, -0.15) is 0 Å². The molecular weight excluding hydrogens is 315 g/mol. The first-order chi connectivity index (χ1) is 9.11. The number of rotatable bonds is 4. The number of halogens is 2. The van der Waals surface area contributed by atoms with Crippen LogP contribution in [-0.2, 0) is 4.79 Å². The van der Waals surface area contributed by atoms with Crippen LogP contribution in [0.15, 0.2) is 12.1 Å². The molecule has 3 nitrogen and oxygen atoms in total. The van der Waals surface area contributed by atoms with Crippen LogP contribution in [0.5, 0.6) is 0 Å². The average Bonchev–Trinajstić information content (AvgIpc) is 2.85. The minimum atomic E-state index is -0.0710. The zero-order chi connectivity index (χ0) is 13.8. The lowest BCUT2D eigenvalue weighted by Gasteiger charge is -2.33. The molecule has 0 aliphatic carbocycles. The summed E-state index contributed by atoms with van der Waals surface area (Å²) in [6, 6.07) is 3.83. The highest BCUT2D eigenvalue weighted by Crippen LogP contribution is 2.30.